The van der Waals surface area contributed by atoms with Crippen LogP contribution in [0.1, 0.15) is 40.2 Å². The molecule has 2 aromatic rings. The van der Waals surface area contributed by atoms with E-state index in [1.165, 1.54) is 11.9 Å². The number of rotatable bonds is 6. The van der Waals surface area contributed by atoms with Crippen LogP contribution in [0.25, 0.3) is 0 Å². The predicted octanol–water partition coefficient (Wildman–Crippen LogP) is -0.493. The number of nitrogens with one attached hydrogen (secondary N) is 2. The fraction of sp³-hybridized carbons (Fsp3) is 0.583. The average molecular weight is 784 g/mol. The molecule has 2 aliphatic rings. The fourth-order valence-corrected chi connectivity index (χ4v) is 4.94. The van der Waals surface area contributed by atoms with Gasteiger partial charge in [0.25, 0.3) is 11.1 Å². The van der Waals surface area contributed by atoms with Crippen LogP contribution in [0.4, 0.5) is 22.0 Å². The number of aliphatic hydroxyl groups excluding tert-OH is 2. The van der Waals surface area contributed by atoms with Gasteiger partial charge < -0.3 is 29.2 Å². The lowest BCUT2D eigenvalue weighted by Crippen LogP contribution is -2.46. The Hall–Kier alpha value is -3.48. The Balaban J connectivity index is 0.000000259. The minimum absolute atomic E-state index is 0.0258. The fourth-order valence-electron chi connectivity index (χ4n) is 4.51. The summed E-state index contributed by atoms with van der Waals surface area (Å²) in [7, 11) is 0. The predicted molar refractivity (Wildman–Crippen MR) is 148 cm³/mol. The molecule has 0 spiro atoms. The van der Waals surface area contributed by atoms with Crippen molar-refractivity contribution in [1.82, 2.24) is 19.1 Å². The molecule has 46 heavy (non-hydrogen) atoms. The molecule has 0 saturated carbocycles. The van der Waals surface area contributed by atoms with E-state index in [0.717, 1.165) is 27.0 Å². The van der Waals surface area contributed by atoms with Crippen LogP contribution in [0.15, 0.2) is 31.6 Å². The number of ether oxygens (including phenoxy) is 4. The molecule has 256 valence electrons. The van der Waals surface area contributed by atoms with E-state index in [-0.39, 0.29) is 14.3 Å². The van der Waals surface area contributed by atoms with Gasteiger partial charge >= 0.3 is 35.2 Å². The molecule has 2 aliphatic heterocycles. The number of carbonyl (C=O) groups excluding carboxylic acids is 2. The maximum atomic E-state index is 14.9. The summed E-state index contributed by atoms with van der Waals surface area (Å²) in [6.07, 6.45) is -13.6. The molecular formula is C24H26F5IN4O12. The lowest BCUT2D eigenvalue weighted by Gasteiger charge is -2.25. The normalized spacial score (nSPS) is 27.7. The van der Waals surface area contributed by atoms with Gasteiger partial charge in [-0.05, 0) is 36.4 Å². The number of H-pyrrole nitrogens is 2. The van der Waals surface area contributed by atoms with E-state index in [1.54, 1.807) is 22.6 Å². The van der Waals surface area contributed by atoms with E-state index in [4.69, 9.17) is 18.9 Å². The first-order valence-electron chi connectivity index (χ1n) is 12.9. The highest BCUT2D eigenvalue weighted by molar-refractivity contribution is 14.1. The number of hydrogen-bond acceptors (Lipinski definition) is 12. The first kappa shape index (κ1) is 37.0. The lowest BCUT2D eigenvalue weighted by molar-refractivity contribution is -0.176. The molecule has 22 heteroatoms. The zero-order chi connectivity index (χ0) is 35.0. The summed E-state index contributed by atoms with van der Waals surface area (Å²) in [4.78, 5) is 71.4. The molecule has 2 aromatic heterocycles. The highest BCUT2D eigenvalue weighted by atomic mass is 127. The van der Waals surface area contributed by atoms with Gasteiger partial charge in [0.05, 0.1) is 15.9 Å². The summed E-state index contributed by atoms with van der Waals surface area (Å²) in [5.41, 5.74) is -4.54. The van der Waals surface area contributed by atoms with Crippen molar-refractivity contribution in [1.29, 1.82) is 0 Å². The van der Waals surface area contributed by atoms with Crippen LogP contribution in [-0.2, 0) is 28.5 Å². The van der Waals surface area contributed by atoms with Crippen molar-refractivity contribution >= 4 is 34.5 Å². The van der Waals surface area contributed by atoms with Crippen LogP contribution in [0.5, 0.6) is 0 Å². The summed E-state index contributed by atoms with van der Waals surface area (Å²) in [6.45, 7) is 4.42. The molecular weight excluding hydrogens is 758 g/mol. The standard InChI is InChI=1S/C14H15F2IN2O7.C10H11F3N2O5/c1-5(24-6(2)20)9-10(25-7(3)21)14(15,16)12(26-9)19-4-8(17)11(22)18-13(19)23;1-3(16)5-6(17)10(12,13)8(20-5)15-2-4(11)7(18)14-9(15)19/h4-5,9-10,12H,1-3H3,(H,18,22,23);2-3,5-6,8,16-17H,1H3,(H,14,18,19)/t5?,9-,10-,12-;3?,5-,6-,8-/m11/s1. The molecule has 0 radical (unpaired) electrons. The molecule has 4 rings (SSSR count). The van der Waals surface area contributed by atoms with Crippen molar-refractivity contribution < 1.29 is 60.7 Å². The van der Waals surface area contributed by atoms with Gasteiger partial charge in [0.1, 0.15) is 18.3 Å². The van der Waals surface area contributed by atoms with Gasteiger partial charge in [-0.2, -0.15) is 22.0 Å². The van der Waals surface area contributed by atoms with E-state index in [0.29, 0.717) is 4.57 Å². The molecule has 2 fully saturated rings. The van der Waals surface area contributed by atoms with Crippen molar-refractivity contribution in [3.63, 3.8) is 0 Å². The first-order valence-corrected chi connectivity index (χ1v) is 14.0. The largest absolute Gasteiger partial charge is 0.460 e. The maximum absolute atomic E-state index is 14.9. The number of carbonyl (C=O) groups is 2. The van der Waals surface area contributed by atoms with Crippen LogP contribution >= 0.6 is 22.6 Å². The smallest absolute Gasteiger partial charge is 0.331 e. The van der Waals surface area contributed by atoms with E-state index in [9.17, 15) is 60.9 Å². The molecule has 0 bridgehead atoms. The lowest BCUT2D eigenvalue weighted by atomic mass is 10.1. The van der Waals surface area contributed by atoms with Crippen molar-refractivity contribution in [2.24, 2.45) is 0 Å². The van der Waals surface area contributed by atoms with Crippen LogP contribution in [0.3, 0.4) is 0 Å². The Bertz CT molecular complexity index is 1710. The number of aliphatic hydroxyl groups is 2. The molecule has 2 unspecified atom stereocenters. The third-order valence-electron chi connectivity index (χ3n) is 6.55. The van der Waals surface area contributed by atoms with Crippen LogP contribution in [0.2, 0.25) is 0 Å². The highest BCUT2D eigenvalue weighted by Crippen LogP contribution is 2.45. The number of halogens is 6. The summed E-state index contributed by atoms with van der Waals surface area (Å²) < 4.78 is 90.7. The number of nitrogens with zero attached hydrogens (tertiary/aromatic N) is 2. The minimum atomic E-state index is -3.95. The number of esters is 2. The quantitative estimate of drug-likeness (QED) is 0.166. The Labute approximate surface area is 266 Å². The van der Waals surface area contributed by atoms with Gasteiger partial charge in [0, 0.05) is 20.0 Å². The van der Waals surface area contributed by atoms with Gasteiger partial charge in [-0.3, -0.25) is 38.3 Å². The van der Waals surface area contributed by atoms with Crippen molar-refractivity contribution in [3.05, 3.63) is 63.5 Å². The summed E-state index contributed by atoms with van der Waals surface area (Å²) in [6, 6.07) is 0. The number of alkyl halides is 4. The van der Waals surface area contributed by atoms with E-state index < -0.39 is 101 Å². The maximum Gasteiger partial charge on any atom is 0.331 e. The second kappa shape index (κ2) is 13.7. The second-order valence-corrected chi connectivity index (χ2v) is 11.2. The summed E-state index contributed by atoms with van der Waals surface area (Å²) in [5, 5.41) is 18.7. The molecule has 4 N–H and O–H groups in total. The van der Waals surface area contributed by atoms with Crippen LogP contribution in [-0.4, -0.2) is 89.7 Å². The molecule has 8 atom stereocenters. The highest BCUT2D eigenvalue weighted by Gasteiger charge is 2.64. The summed E-state index contributed by atoms with van der Waals surface area (Å²) in [5.74, 6) is -11.0. The molecule has 0 aromatic carbocycles. The molecule has 16 nitrogen and oxygen atoms in total. The van der Waals surface area contributed by atoms with Crippen LogP contribution < -0.4 is 22.5 Å². The third-order valence-corrected chi connectivity index (χ3v) is 7.32. The second-order valence-electron chi connectivity index (χ2n) is 10.1. The van der Waals surface area contributed by atoms with Gasteiger partial charge in [-0.15, -0.1) is 0 Å². The van der Waals surface area contributed by atoms with Gasteiger partial charge in [0.15, 0.2) is 12.2 Å². The van der Waals surface area contributed by atoms with Crippen LogP contribution in [0, 0.1) is 9.39 Å². The molecule has 2 saturated heterocycles. The monoisotopic (exact) mass is 784 g/mol. The minimum Gasteiger partial charge on any atom is -0.460 e. The molecule has 4 heterocycles. The number of aromatic amines is 2. The number of hydrogen-bond donors (Lipinski definition) is 4. The zero-order valence-electron chi connectivity index (χ0n) is 23.9. The van der Waals surface area contributed by atoms with E-state index >= 15 is 0 Å². The van der Waals surface area contributed by atoms with Crippen molar-refractivity contribution in [2.75, 3.05) is 0 Å². The Morgan fingerprint density at radius 2 is 1.41 bits per heavy atom. The van der Waals surface area contributed by atoms with E-state index in [2.05, 4.69) is 0 Å². The van der Waals surface area contributed by atoms with Gasteiger partial charge in [0.2, 0.25) is 18.3 Å². The van der Waals surface area contributed by atoms with E-state index in [1.807, 2.05) is 4.98 Å². The third kappa shape index (κ3) is 7.39. The van der Waals surface area contributed by atoms with Gasteiger partial charge in [-0.25, -0.2) is 9.59 Å². The zero-order valence-corrected chi connectivity index (χ0v) is 26.1. The van der Waals surface area contributed by atoms with Crippen molar-refractivity contribution in [2.45, 2.75) is 88.6 Å². The molecule has 0 aliphatic carbocycles. The van der Waals surface area contributed by atoms with Crippen molar-refractivity contribution in [3.8, 4) is 0 Å². The summed E-state index contributed by atoms with van der Waals surface area (Å²) >= 11 is 1.57. The SMILES string of the molecule is CC(=O)OC(C)[C@H]1O[C@@H](n2cc(I)c(=O)[nH]c2=O)C(F)(F)[C@@H]1OC(C)=O.CC(O)[C@H]1O[C@@H](n2cc(F)c(=O)[nH]c2=O)C(F)(F)[C@@H]1O. The Kier molecular flexibility index (Phi) is 11.0. The van der Waals surface area contributed by atoms with Gasteiger partial charge in [-0.1, -0.05) is 0 Å². The molecule has 0 amide bonds. The first-order chi connectivity index (χ1) is 21.1. The average Bonchev–Trinajstić information content (AvgIpc) is 3.31. The Morgan fingerprint density at radius 1 is 0.913 bits per heavy atom. The Morgan fingerprint density at radius 3 is 1.91 bits per heavy atom. The topological polar surface area (TPSA) is 221 Å². The number of aromatic nitrogens is 4.